The van der Waals surface area contributed by atoms with Gasteiger partial charge in [-0.05, 0) is 30.5 Å². The van der Waals surface area contributed by atoms with Gasteiger partial charge in [-0.1, -0.05) is 0 Å². The van der Waals surface area contributed by atoms with Gasteiger partial charge >= 0.3 is 18.8 Å². The van der Waals surface area contributed by atoms with Crippen LogP contribution in [-0.2, 0) is 0 Å². The van der Waals surface area contributed by atoms with Gasteiger partial charge in [0.05, 0.1) is 31.7 Å². The van der Waals surface area contributed by atoms with Gasteiger partial charge in [-0.25, -0.2) is 4.42 Å². The topological polar surface area (TPSA) is 20.5 Å². The molecule has 2 rings (SSSR count). The van der Waals surface area contributed by atoms with Gasteiger partial charge in [0.15, 0.2) is 0 Å². The number of hydrogen-bond donors (Lipinski definition) is 0. The highest BCUT2D eigenvalue weighted by Gasteiger charge is 2.20. The van der Waals surface area contributed by atoms with Gasteiger partial charge < -0.3 is 22.0 Å². The van der Waals surface area contributed by atoms with Crippen molar-refractivity contribution in [3.63, 3.8) is 0 Å². The lowest BCUT2D eigenvalue weighted by molar-refractivity contribution is 0.368. The van der Waals surface area contributed by atoms with E-state index in [0.29, 0.717) is 0 Å². The van der Waals surface area contributed by atoms with Crippen molar-refractivity contribution < 1.29 is 26.4 Å². The van der Waals surface area contributed by atoms with Gasteiger partial charge in [-0.15, -0.1) is 11.8 Å². The van der Waals surface area contributed by atoms with E-state index in [-0.39, 0.29) is 0 Å². The fourth-order valence-electron chi connectivity index (χ4n) is 1.62. The Hall–Kier alpha value is -1.70. The highest BCUT2D eigenvalue weighted by atomic mass is 32.2. The van der Waals surface area contributed by atoms with Crippen LogP contribution >= 0.6 is 11.8 Å². The van der Waals surface area contributed by atoms with E-state index in [9.17, 15) is 17.3 Å². The lowest BCUT2D eigenvalue weighted by atomic mass is 10.1. The normalized spacial score (nSPS) is 10.7. The third-order valence-corrected chi connectivity index (χ3v) is 3.21. The molecule has 0 saturated heterocycles. The zero-order valence-corrected chi connectivity index (χ0v) is 13.1. The van der Waals surface area contributed by atoms with E-state index >= 15 is 0 Å². The third kappa shape index (κ3) is 6.84. The van der Waals surface area contributed by atoms with Crippen LogP contribution in [-0.4, -0.2) is 20.6 Å². The maximum absolute atomic E-state index is 9.75. The molecule has 1 aromatic heterocycles. The molecule has 8 heteroatoms. The highest BCUT2D eigenvalue weighted by molar-refractivity contribution is 7.98. The zero-order chi connectivity index (χ0) is 16.8. The second kappa shape index (κ2) is 8.07. The van der Waals surface area contributed by atoms with E-state index in [4.69, 9.17) is 9.15 Å². The predicted molar refractivity (Wildman–Crippen MR) is 81.8 cm³/mol. The van der Waals surface area contributed by atoms with Gasteiger partial charge in [0, 0.05) is 4.90 Å². The fraction of sp³-hybridized carbons (Fsp3) is 0.214. The summed E-state index contributed by atoms with van der Waals surface area (Å²) in [5.41, 5.74) is 1.06. The van der Waals surface area contributed by atoms with Crippen LogP contribution in [0.15, 0.2) is 45.7 Å². The second-order valence-electron chi connectivity index (χ2n) is 4.20. The minimum atomic E-state index is -6.00. The molecule has 0 unspecified atom stereocenters. The molecular formula is C14H15BF4O2S. The van der Waals surface area contributed by atoms with Crippen molar-refractivity contribution in [2.45, 2.75) is 11.8 Å². The SMILES string of the molecule is COc1ccc(-c2cc(SC)cc(C)[o+]2)cc1.F[B-](F)(F)F. The summed E-state index contributed by atoms with van der Waals surface area (Å²) < 4.78 is 49.9. The van der Waals surface area contributed by atoms with Crippen LogP contribution in [0.1, 0.15) is 5.76 Å². The molecule has 1 aromatic carbocycles. The minimum Gasteiger partial charge on any atom is -0.497 e. The molecule has 0 spiro atoms. The summed E-state index contributed by atoms with van der Waals surface area (Å²) in [5, 5.41) is 0. The average molecular weight is 334 g/mol. The summed E-state index contributed by atoms with van der Waals surface area (Å²) in [5.74, 6) is 2.66. The molecule has 120 valence electrons. The van der Waals surface area contributed by atoms with E-state index in [0.717, 1.165) is 22.8 Å². The van der Waals surface area contributed by atoms with Gasteiger partial charge in [0.1, 0.15) is 5.75 Å². The van der Waals surface area contributed by atoms with Crippen molar-refractivity contribution in [2.75, 3.05) is 13.4 Å². The van der Waals surface area contributed by atoms with Crippen molar-refractivity contribution in [2.24, 2.45) is 0 Å². The fourth-order valence-corrected chi connectivity index (χ4v) is 2.13. The maximum atomic E-state index is 9.75. The number of aryl methyl sites for hydroxylation is 1. The molecule has 0 atom stereocenters. The van der Waals surface area contributed by atoms with Crippen molar-refractivity contribution in [1.29, 1.82) is 0 Å². The number of methoxy groups -OCH3 is 1. The third-order valence-electron chi connectivity index (χ3n) is 2.50. The Bertz CT molecular complexity index is 597. The minimum absolute atomic E-state index is 0.853. The van der Waals surface area contributed by atoms with Crippen LogP contribution in [0.25, 0.3) is 11.3 Å². The number of benzene rings is 1. The molecule has 0 N–H and O–H groups in total. The number of ether oxygens (including phenoxy) is 1. The first-order valence-electron chi connectivity index (χ1n) is 6.23. The molecule has 0 fully saturated rings. The van der Waals surface area contributed by atoms with Gasteiger partial charge in [-0.2, -0.15) is 0 Å². The number of hydrogen-bond acceptors (Lipinski definition) is 2. The first kappa shape index (κ1) is 18.4. The van der Waals surface area contributed by atoms with Crippen LogP contribution < -0.4 is 4.74 Å². The molecule has 2 nitrogen and oxygen atoms in total. The van der Waals surface area contributed by atoms with Gasteiger partial charge in [0.2, 0.25) is 0 Å². The van der Waals surface area contributed by atoms with Crippen molar-refractivity contribution in [1.82, 2.24) is 0 Å². The summed E-state index contributed by atoms with van der Waals surface area (Å²) in [7, 11) is -4.34. The molecule has 0 aliphatic carbocycles. The Morgan fingerprint density at radius 1 is 1.05 bits per heavy atom. The zero-order valence-electron chi connectivity index (χ0n) is 12.3. The molecule has 0 amide bonds. The average Bonchev–Trinajstić information content (AvgIpc) is 2.45. The summed E-state index contributed by atoms with van der Waals surface area (Å²) in [6.07, 6.45) is 2.06. The Morgan fingerprint density at radius 2 is 1.59 bits per heavy atom. The van der Waals surface area contributed by atoms with Gasteiger partial charge in [-0.3, -0.25) is 0 Å². The predicted octanol–water partition coefficient (Wildman–Crippen LogP) is 5.57. The largest absolute Gasteiger partial charge is 0.673 e. The first-order valence-corrected chi connectivity index (χ1v) is 7.46. The van der Waals surface area contributed by atoms with E-state index in [1.54, 1.807) is 18.9 Å². The molecule has 22 heavy (non-hydrogen) atoms. The van der Waals surface area contributed by atoms with Crippen molar-refractivity contribution >= 4 is 19.0 Å². The summed E-state index contributed by atoms with van der Waals surface area (Å²) >= 11 is 1.71. The molecule has 0 aliphatic rings. The summed E-state index contributed by atoms with van der Waals surface area (Å²) in [4.78, 5) is 1.21. The molecule has 0 radical (unpaired) electrons. The van der Waals surface area contributed by atoms with E-state index in [1.165, 1.54) is 4.90 Å². The standard InChI is InChI=1S/C14H15O2S.BF4/c1-10-8-13(17-3)9-14(16-10)11-4-6-12(15-2)7-5-11;2-1(3,4)5/h4-9H,1-3H3;/q+1;-1. The Labute approximate surface area is 130 Å². The molecule has 1 heterocycles. The number of halogens is 4. The summed E-state index contributed by atoms with van der Waals surface area (Å²) in [6.45, 7) is 1.97. The van der Waals surface area contributed by atoms with Crippen LogP contribution in [0.3, 0.4) is 0 Å². The van der Waals surface area contributed by atoms with E-state index < -0.39 is 7.25 Å². The second-order valence-corrected chi connectivity index (χ2v) is 5.08. The van der Waals surface area contributed by atoms with Gasteiger partial charge in [0.25, 0.3) is 0 Å². The first-order chi connectivity index (χ1) is 10.2. The van der Waals surface area contributed by atoms with Crippen LogP contribution in [0.2, 0.25) is 0 Å². The summed E-state index contributed by atoms with van der Waals surface area (Å²) in [6, 6.07) is 12.0. The molecular weight excluding hydrogens is 319 g/mol. The Morgan fingerprint density at radius 3 is 2.05 bits per heavy atom. The molecule has 0 aliphatic heterocycles. The quantitative estimate of drug-likeness (QED) is 0.317. The highest BCUT2D eigenvalue weighted by Crippen LogP contribution is 2.27. The number of rotatable bonds is 3. The smallest absolute Gasteiger partial charge is 0.497 e. The van der Waals surface area contributed by atoms with Crippen LogP contribution in [0.5, 0.6) is 5.75 Å². The Balaban J connectivity index is 0.000000422. The lowest BCUT2D eigenvalue weighted by Gasteiger charge is -1.99. The van der Waals surface area contributed by atoms with Crippen LogP contribution in [0, 0.1) is 6.92 Å². The Kier molecular flexibility index (Phi) is 6.74. The van der Waals surface area contributed by atoms with Crippen molar-refractivity contribution in [3.05, 3.63) is 42.2 Å². The monoisotopic (exact) mass is 334 g/mol. The maximum Gasteiger partial charge on any atom is 0.673 e. The molecule has 0 bridgehead atoms. The van der Waals surface area contributed by atoms with Crippen molar-refractivity contribution in [3.8, 4) is 17.1 Å². The molecule has 0 saturated carbocycles. The molecule has 2 aromatic rings. The van der Waals surface area contributed by atoms with E-state index in [1.807, 2.05) is 37.3 Å². The lowest BCUT2D eigenvalue weighted by Crippen LogP contribution is -2.02. The van der Waals surface area contributed by atoms with Crippen LogP contribution in [0.4, 0.5) is 17.3 Å². The number of thioether (sulfide) groups is 1. The van der Waals surface area contributed by atoms with E-state index in [2.05, 4.69) is 12.3 Å².